The average molecular weight is 309 g/mol. The Hall–Kier alpha value is -0.0900. The summed E-state index contributed by atoms with van der Waals surface area (Å²) in [5, 5.41) is 0. The molecule has 0 amide bonds. The lowest BCUT2D eigenvalue weighted by molar-refractivity contribution is 0.611. The summed E-state index contributed by atoms with van der Waals surface area (Å²) >= 11 is 0. The quantitative estimate of drug-likeness (QED) is 0.198. The minimum atomic E-state index is 1.27. The van der Waals surface area contributed by atoms with Crippen LogP contribution in [0.4, 0.5) is 0 Å². The Balaban J connectivity index is 3.14. The van der Waals surface area contributed by atoms with Gasteiger partial charge in [0.25, 0.3) is 0 Å². The highest BCUT2D eigenvalue weighted by Gasteiger charge is 1.89. The van der Waals surface area contributed by atoms with Crippen LogP contribution in [0.2, 0.25) is 0 Å². The molecular weight excluding hydrogens is 271 g/mol. The van der Waals surface area contributed by atoms with Crippen molar-refractivity contribution in [3.63, 3.8) is 0 Å². The van der Waals surface area contributed by atoms with E-state index in [0.717, 1.165) is 0 Å². The summed E-state index contributed by atoms with van der Waals surface area (Å²) in [5.74, 6) is 4.62. The molecule has 123 valence electrons. The zero-order chi connectivity index (χ0) is 15.4. The van der Waals surface area contributed by atoms with Crippen LogP contribution in [0.5, 0.6) is 0 Å². The summed E-state index contributed by atoms with van der Waals surface area (Å²) < 4.78 is 0. The van der Waals surface area contributed by atoms with Gasteiger partial charge in [0.2, 0.25) is 0 Å². The Kier molecular flexibility index (Phi) is 19.8. The first kappa shape index (κ1) is 20.9. The van der Waals surface area contributed by atoms with Gasteiger partial charge in [0.15, 0.2) is 0 Å². The molecule has 0 aromatic heterocycles. The normalized spacial score (nSPS) is 11.9. The van der Waals surface area contributed by atoms with Crippen LogP contribution in [0.15, 0.2) is 23.8 Å². The highest BCUT2D eigenvalue weighted by atomic mass is 31.1. The second kappa shape index (κ2) is 19.9. The molecule has 21 heavy (non-hydrogen) atoms. The number of allylic oxidation sites excluding steroid dienone is 2. The number of unbranched alkanes of at least 4 members (excludes halogenated alkanes) is 12. The molecule has 0 rings (SSSR count). The van der Waals surface area contributed by atoms with Gasteiger partial charge in [-0.3, -0.25) is 0 Å². The molecule has 0 unspecified atom stereocenters. The molecule has 0 N–H and O–H groups in total. The maximum absolute atomic E-state index is 2.36. The Labute approximate surface area is 136 Å². The van der Waals surface area contributed by atoms with Crippen LogP contribution in [0.1, 0.15) is 104 Å². The van der Waals surface area contributed by atoms with E-state index in [4.69, 9.17) is 0 Å². The van der Waals surface area contributed by atoms with Gasteiger partial charge >= 0.3 is 0 Å². The van der Waals surface area contributed by atoms with E-state index in [2.05, 4.69) is 37.6 Å². The monoisotopic (exact) mass is 309 g/mol. The fourth-order valence-electron chi connectivity index (χ4n) is 2.41. The molecule has 0 saturated heterocycles. The second-order valence-corrected chi connectivity index (χ2v) is 6.93. The van der Waals surface area contributed by atoms with E-state index in [0.29, 0.717) is 0 Å². The van der Waals surface area contributed by atoms with Crippen LogP contribution < -0.4 is 0 Å². The minimum Gasteiger partial charge on any atom is -0.0834 e. The Bertz CT molecular complexity index is 206. The van der Waals surface area contributed by atoms with E-state index in [1.54, 1.807) is 0 Å². The topological polar surface area (TPSA) is 0 Å². The number of rotatable bonds is 16. The maximum atomic E-state index is 2.36. The molecule has 0 heterocycles. The third kappa shape index (κ3) is 19.9. The summed E-state index contributed by atoms with van der Waals surface area (Å²) in [6.07, 6.45) is 24.1. The van der Waals surface area contributed by atoms with Gasteiger partial charge in [-0.25, -0.2) is 0 Å². The van der Waals surface area contributed by atoms with Gasteiger partial charge < -0.3 is 0 Å². The first-order valence-corrected chi connectivity index (χ1v) is 10.4. The molecule has 0 nitrogen and oxygen atoms in total. The van der Waals surface area contributed by atoms with Crippen LogP contribution in [0, 0.1) is 0 Å². The van der Waals surface area contributed by atoms with Gasteiger partial charge in [0, 0.05) is 0 Å². The number of hydrogen-bond donors (Lipinski definition) is 0. The van der Waals surface area contributed by atoms with Crippen LogP contribution in [-0.4, -0.2) is 0 Å². The Morgan fingerprint density at radius 2 is 0.905 bits per heavy atom. The Morgan fingerprint density at radius 3 is 1.33 bits per heavy atom. The van der Waals surface area contributed by atoms with Crippen molar-refractivity contribution in [3.05, 3.63) is 23.8 Å². The third-order valence-corrected chi connectivity index (χ3v) is 4.60. The second-order valence-electron chi connectivity index (χ2n) is 6.03. The first-order valence-electron chi connectivity index (χ1n) is 9.41. The summed E-state index contributed by atoms with van der Waals surface area (Å²) in [6.45, 7) is 4.56. The van der Waals surface area contributed by atoms with E-state index in [9.17, 15) is 0 Å². The van der Waals surface area contributed by atoms with Crippen molar-refractivity contribution in [2.45, 2.75) is 104 Å². The van der Waals surface area contributed by atoms with Crippen LogP contribution >= 0.6 is 8.58 Å². The largest absolute Gasteiger partial charge is 0.0834 e. The number of hydrogen-bond acceptors (Lipinski definition) is 0. The van der Waals surface area contributed by atoms with Gasteiger partial charge in [-0.1, -0.05) is 102 Å². The third-order valence-electron chi connectivity index (χ3n) is 3.83. The van der Waals surface area contributed by atoms with Crippen molar-refractivity contribution in [2.24, 2.45) is 0 Å². The smallest absolute Gasteiger partial charge is 0.0267 e. The van der Waals surface area contributed by atoms with Gasteiger partial charge in [0.1, 0.15) is 0 Å². The lowest BCUT2D eigenvalue weighted by atomic mass is 10.1. The summed E-state index contributed by atoms with van der Waals surface area (Å²) in [4.78, 5) is 0. The van der Waals surface area contributed by atoms with Gasteiger partial charge in [0.05, 0.1) is 0 Å². The molecule has 1 heteroatoms. The lowest BCUT2D eigenvalue weighted by Gasteiger charge is -1.97. The minimum absolute atomic E-state index is 1.27. The van der Waals surface area contributed by atoms with Crippen molar-refractivity contribution in [1.82, 2.24) is 0 Å². The van der Waals surface area contributed by atoms with Gasteiger partial charge in [-0.05, 0) is 34.3 Å². The van der Waals surface area contributed by atoms with Crippen molar-refractivity contribution in [2.75, 3.05) is 0 Å². The van der Waals surface area contributed by atoms with E-state index in [1.165, 1.54) is 98.5 Å². The molecule has 0 aliphatic rings. The standard InChI is InChI=1S/C20H38P/c1-3-5-7-9-11-13-15-17-19-21-20-18-16-14-12-10-8-6-4-2/h17-20H,3-16H2,1-2H3/b19-17+,20-18+. The maximum Gasteiger partial charge on any atom is -0.0267 e. The lowest BCUT2D eigenvalue weighted by Crippen LogP contribution is -1.77. The molecular formula is C20H38P. The summed E-state index contributed by atoms with van der Waals surface area (Å²) in [7, 11) is 1.37. The predicted octanol–water partition coefficient (Wildman–Crippen LogP) is 8.46. The van der Waals surface area contributed by atoms with Crippen LogP contribution in [0.25, 0.3) is 0 Å². The highest BCUT2D eigenvalue weighted by Crippen LogP contribution is 2.16. The molecule has 0 spiro atoms. The predicted molar refractivity (Wildman–Crippen MR) is 101 cm³/mol. The molecule has 0 fully saturated rings. The molecule has 0 atom stereocenters. The Morgan fingerprint density at radius 1 is 0.524 bits per heavy atom. The van der Waals surface area contributed by atoms with E-state index in [-0.39, 0.29) is 0 Å². The zero-order valence-corrected chi connectivity index (χ0v) is 15.6. The molecule has 0 bridgehead atoms. The molecule has 0 aromatic carbocycles. The molecule has 0 saturated carbocycles. The van der Waals surface area contributed by atoms with Crippen molar-refractivity contribution < 1.29 is 0 Å². The fraction of sp³-hybridized carbons (Fsp3) is 0.800. The summed E-state index contributed by atoms with van der Waals surface area (Å²) in [6, 6.07) is 0. The molecule has 0 aromatic rings. The van der Waals surface area contributed by atoms with Gasteiger partial charge in [-0.15, -0.1) is 0 Å². The van der Waals surface area contributed by atoms with E-state index < -0.39 is 0 Å². The molecule has 0 aliphatic heterocycles. The first-order chi connectivity index (χ1) is 10.4. The van der Waals surface area contributed by atoms with E-state index in [1.807, 2.05) is 0 Å². The molecule has 0 aliphatic carbocycles. The molecule has 1 radical (unpaired) electrons. The van der Waals surface area contributed by atoms with Crippen LogP contribution in [0.3, 0.4) is 0 Å². The fourth-order valence-corrected chi connectivity index (χ4v) is 3.05. The van der Waals surface area contributed by atoms with Crippen molar-refractivity contribution in [1.29, 1.82) is 0 Å². The highest BCUT2D eigenvalue weighted by molar-refractivity contribution is 7.45. The van der Waals surface area contributed by atoms with Crippen molar-refractivity contribution in [3.8, 4) is 0 Å². The SMILES string of the molecule is CCCCCCCC/C=C/[P]/C=C/CCCCCCCC. The summed E-state index contributed by atoms with van der Waals surface area (Å²) in [5.41, 5.74) is 0. The zero-order valence-electron chi connectivity index (χ0n) is 14.7. The van der Waals surface area contributed by atoms with Crippen LogP contribution in [-0.2, 0) is 0 Å². The average Bonchev–Trinajstić information content (AvgIpc) is 2.50. The van der Waals surface area contributed by atoms with Gasteiger partial charge in [-0.2, -0.15) is 0 Å². The van der Waals surface area contributed by atoms with E-state index >= 15 is 0 Å². The van der Waals surface area contributed by atoms with Crippen molar-refractivity contribution >= 4 is 8.58 Å².